The molecule has 0 saturated carbocycles. The Hall–Kier alpha value is -0.0400. The van der Waals surface area contributed by atoms with Crippen molar-refractivity contribution in [3.63, 3.8) is 0 Å². The Bertz CT molecular complexity index is 176. The zero-order valence-corrected chi connectivity index (χ0v) is 9.76. The summed E-state index contributed by atoms with van der Waals surface area (Å²) in [5.74, 6) is 0.286. The maximum Gasteiger partial charge on any atom is 1.00 e. The minimum Gasteiger partial charge on any atom is -1.00 e. The standard InChI is InChI=1S/C6H13N3O3.Na.H/c10-5-6-1-3-8(4-2-6)9(12)7-11;;/h6,10-11H,1-5H2;;/q;+1;-1/b9-7+;;. The van der Waals surface area contributed by atoms with Crippen molar-refractivity contribution in [2.45, 2.75) is 12.8 Å². The smallest absolute Gasteiger partial charge is 1.00 e. The molecule has 0 atom stereocenters. The maximum absolute atomic E-state index is 10.7. The first-order valence-corrected chi connectivity index (χ1v) is 3.96. The minimum atomic E-state index is 0. The Morgan fingerprint density at radius 3 is 2.46 bits per heavy atom. The van der Waals surface area contributed by atoms with E-state index in [0.717, 1.165) is 12.8 Å². The van der Waals surface area contributed by atoms with Gasteiger partial charge >= 0.3 is 29.6 Å². The fraction of sp³-hybridized carbons (Fsp3) is 1.00. The Morgan fingerprint density at radius 2 is 2.08 bits per heavy atom. The van der Waals surface area contributed by atoms with Crippen LogP contribution in [-0.2, 0) is 0 Å². The first-order valence-electron chi connectivity index (χ1n) is 3.96. The Labute approximate surface area is 100 Å². The molecule has 1 aliphatic heterocycles. The third-order valence-electron chi connectivity index (χ3n) is 2.17. The van der Waals surface area contributed by atoms with Gasteiger partial charge in [-0.25, -0.2) is 0 Å². The molecule has 0 spiro atoms. The zero-order valence-electron chi connectivity index (χ0n) is 8.76. The van der Waals surface area contributed by atoms with Crippen LogP contribution in [0.5, 0.6) is 0 Å². The molecule has 6 nitrogen and oxygen atoms in total. The molecule has 0 radical (unpaired) electrons. The monoisotopic (exact) mass is 199 g/mol. The second-order valence-corrected chi connectivity index (χ2v) is 2.92. The first kappa shape index (κ1) is 13.0. The van der Waals surface area contributed by atoms with Crippen LogP contribution in [0, 0.1) is 11.1 Å². The fourth-order valence-corrected chi connectivity index (χ4v) is 1.33. The van der Waals surface area contributed by atoms with Crippen molar-refractivity contribution < 1.29 is 46.3 Å². The van der Waals surface area contributed by atoms with E-state index in [1.54, 1.807) is 0 Å². The molecule has 0 unspecified atom stereocenters. The summed E-state index contributed by atoms with van der Waals surface area (Å²) in [6.45, 7) is 1.25. The number of nitrogens with zero attached hydrogens (tertiary/aromatic N) is 3. The van der Waals surface area contributed by atoms with Crippen molar-refractivity contribution in [3.05, 3.63) is 5.21 Å². The largest absolute Gasteiger partial charge is 1.00 e. The molecule has 0 amide bonds. The van der Waals surface area contributed by atoms with Crippen molar-refractivity contribution in [2.24, 2.45) is 11.2 Å². The molecule has 2 N–H and O–H groups in total. The van der Waals surface area contributed by atoms with E-state index in [1.165, 1.54) is 5.01 Å². The predicted octanol–water partition coefficient (Wildman–Crippen LogP) is -2.93. The second-order valence-electron chi connectivity index (χ2n) is 2.92. The van der Waals surface area contributed by atoms with Gasteiger partial charge in [0.25, 0.3) is 0 Å². The van der Waals surface area contributed by atoms with Crippen molar-refractivity contribution in [2.75, 3.05) is 19.7 Å². The van der Waals surface area contributed by atoms with Gasteiger partial charge in [0.2, 0.25) is 5.28 Å². The van der Waals surface area contributed by atoms with E-state index in [-0.39, 0.29) is 48.5 Å². The van der Waals surface area contributed by atoms with Gasteiger partial charge in [-0.2, -0.15) is 0 Å². The molecule has 72 valence electrons. The van der Waals surface area contributed by atoms with E-state index in [2.05, 4.69) is 5.28 Å². The molecule has 0 aromatic rings. The minimum absolute atomic E-state index is 0. The van der Waals surface area contributed by atoms with Crippen LogP contribution >= 0.6 is 0 Å². The number of hydrazine groups is 1. The third kappa shape index (κ3) is 3.68. The van der Waals surface area contributed by atoms with E-state index in [0.29, 0.717) is 13.1 Å². The SMILES string of the molecule is [H-].[Na+].[O-]/[N+](=N/O)N1CCC(CO)CC1. The van der Waals surface area contributed by atoms with E-state index >= 15 is 0 Å². The molecule has 0 bridgehead atoms. The fourth-order valence-electron chi connectivity index (χ4n) is 1.33. The Morgan fingerprint density at radius 1 is 1.54 bits per heavy atom. The van der Waals surface area contributed by atoms with Crippen LogP contribution in [-0.4, -0.2) is 40.0 Å². The normalized spacial score (nSPS) is 19.8. The van der Waals surface area contributed by atoms with Crippen molar-refractivity contribution in [3.8, 4) is 0 Å². The van der Waals surface area contributed by atoms with Crippen LogP contribution in [0.4, 0.5) is 0 Å². The number of hydrogen-bond donors (Lipinski definition) is 2. The number of aliphatic hydroxyl groups excluding tert-OH is 1. The third-order valence-corrected chi connectivity index (χ3v) is 2.17. The molecular formula is C6H14N3NaO3. The summed E-state index contributed by atoms with van der Waals surface area (Å²) in [5, 5.41) is 31.6. The van der Waals surface area contributed by atoms with Crippen LogP contribution < -0.4 is 29.6 Å². The number of aliphatic hydroxyl groups is 1. The average Bonchev–Trinajstić information content (AvgIpc) is 2.17. The summed E-state index contributed by atoms with van der Waals surface area (Å²) in [7, 11) is 0. The van der Waals surface area contributed by atoms with Gasteiger partial charge < -0.3 is 16.9 Å². The van der Waals surface area contributed by atoms with Gasteiger partial charge in [-0.05, 0) is 18.8 Å². The van der Waals surface area contributed by atoms with Crippen LogP contribution in [0.3, 0.4) is 0 Å². The summed E-state index contributed by atoms with van der Waals surface area (Å²) in [6.07, 6.45) is 1.54. The number of rotatable bonds is 2. The number of piperidine rings is 1. The molecule has 1 fully saturated rings. The van der Waals surface area contributed by atoms with Crippen LogP contribution in [0.1, 0.15) is 14.3 Å². The van der Waals surface area contributed by atoms with Gasteiger partial charge in [0.1, 0.15) is 0 Å². The van der Waals surface area contributed by atoms with Crippen LogP contribution in [0.2, 0.25) is 0 Å². The van der Waals surface area contributed by atoms with Gasteiger partial charge in [-0.3, -0.25) is 0 Å². The van der Waals surface area contributed by atoms with Crippen molar-refractivity contribution in [1.29, 1.82) is 0 Å². The van der Waals surface area contributed by atoms with E-state index in [4.69, 9.17) is 10.3 Å². The molecular weight excluding hydrogens is 185 g/mol. The first-order chi connectivity index (χ1) is 5.77. The predicted molar refractivity (Wildman–Crippen MR) is 40.3 cm³/mol. The zero-order chi connectivity index (χ0) is 8.97. The van der Waals surface area contributed by atoms with Crippen LogP contribution in [0.15, 0.2) is 5.28 Å². The van der Waals surface area contributed by atoms with Crippen molar-refractivity contribution >= 4 is 0 Å². The molecule has 0 aliphatic carbocycles. The summed E-state index contributed by atoms with van der Waals surface area (Å²) < 4.78 is 0. The van der Waals surface area contributed by atoms with Gasteiger partial charge in [0.15, 0.2) is 0 Å². The second kappa shape index (κ2) is 6.42. The molecule has 13 heavy (non-hydrogen) atoms. The summed E-state index contributed by atoms with van der Waals surface area (Å²) in [6, 6.07) is 0. The summed E-state index contributed by atoms with van der Waals surface area (Å²) in [4.78, 5) is 0.188. The van der Waals surface area contributed by atoms with Crippen molar-refractivity contribution in [1.82, 2.24) is 5.01 Å². The molecule has 1 rings (SSSR count). The van der Waals surface area contributed by atoms with Gasteiger partial charge in [-0.1, -0.05) is 0 Å². The Balaban J connectivity index is 0. The summed E-state index contributed by atoms with van der Waals surface area (Å²) in [5.41, 5.74) is 0. The maximum atomic E-state index is 10.7. The quantitative estimate of drug-likeness (QED) is 0.216. The van der Waals surface area contributed by atoms with Gasteiger partial charge in [0, 0.05) is 6.61 Å². The molecule has 1 aliphatic rings. The molecule has 1 heterocycles. The van der Waals surface area contributed by atoms with E-state index in [9.17, 15) is 5.21 Å². The average molecular weight is 199 g/mol. The molecule has 0 aromatic heterocycles. The topological polar surface area (TPSA) is 82.1 Å². The number of hydrogen-bond acceptors (Lipinski definition) is 3. The molecule has 1 saturated heterocycles. The Kier molecular flexibility index (Phi) is 6.40. The van der Waals surface area contributed by atoms with E-state index < -0.39 is 0 Å². The molecule has 7 heteroatoms. The molecule has 0 aromatic carbocycles. The van der Waals surface area contributed by atoms with Gasteiger partial charge in [-0.15, -0.1) is 5.01 Å². The van der Waals surface area contributed by atoms with Crippen LogP contribution in [0.25, 0.3) is 0 Å². The van der Waals surface area contributed by atoms with Gasteiger partial charge in [0.05, 0.1) is 18.1 Å². The summed E-state index contributed by atoms with van der Waals surface area (Å²) >= 11 is 0. The van der Waals surface area contributed by atoms with E-state index in [1.807, 2.05) is 0 Å².